The van der Waals surface area contributed by atoms with Gasteiger partial charge >= 0.3 is 0 Å². The number of aromatic nitrogens is 2. The summed E-state index contributed by atoms with van der Waals surface area (Å²) in [6.45, 7) is 0.554. The molecule has 1 amide bonds. The molecule has 0 N–H and O–H groups in total. The maximum Gasteiger partial charge on any atom is 0.274 e. The predicted molar refractivity (Wildman–Crippen MR) is 102 cm³/mol. The first-order chi connectivity index (χ1) is 12.8. The molecule has 3 rings (SSSR count). The normalized spacial score (nSPS) is 11.5. The van der Waals surface area contributed by atoms with E-state index >= 15 is 0 Å². The summed E-state index contributed by atoms with van der Waals surface area (Å²) >= 11 is 5.91. The Balaban J connectivity index is 1.77. The SMILES string of the molecule is CN(CCOc1cccc(Cl)c1)C(=O)c1nc(S(C)(=O)=O)n2ccccc12. The second kappa shape index (κ2) is 7.58. The smallest absolute Gasteiger partial charge is 0.274 e. The third-order valence-electron chi connectivity index (χ3n) is 3.89. The minimum Gasteiger partial charge on any atom is -0.492 e. The number of imidazole rings is 1. The van der Waals surface area contributed by atoms with Crippen molar-refractivity contribution >= 4 is 32.9 Å². The third kappa shape index (κ3) is 4.23. The highest BCUT2D eigenvalue weighted by Crippen LogP contribution is 2.19. The largest absolute Gasteiger partial charge is 0.492 e. The van der Waals surface area contributed by atoms with Crippen molar-refractivity contribution in [2.24, 2.45) is 0 Å². The molecule has 0 aliphatic rings. The molecule has 142 valence electrons. The van der Waals surface area contributed by atoms with Crippen LogP contribution in [-0.2, 0) is 9.84 Å². The highest BCUT2D eigenvalue weighted by atomic mass is 35.5. The number of amides is 1. The second-order valence-corrected chi connectivity index (χ2v) is 8.35. The number of fused-ring (bicyclic) bond motifs is 1. The molecule has 0 unspecified atom stereocenters. The van der Waals surface area contributed by atoms with Gasteiger partial charge in [0.1, 0.15) is 12.4 Å². The summed E-state index contributed by atoms with van der Waals surface area (Å²) in [6.07, 6.45) is 2.63. The summed E-state index contributed by atoms with van der Waals surface area (Å²) in [6, 6.07) is 12.0. The molecule has 2 heterocycles. The van der Waals surface area contributed by atoms with Gasteiger partial charge in [0.25, 0.3) is 5.91 Å². The van der Waals surface area contributed by atoms with Crippen LogP contribution in [0.1, 0.15) is 10.5 Å². The summed E-state index contributed by atoms with van der Waals surface area (Å²) in [5, 5.41) is 0.403. The van der Waals surface area contributed by atoms with Crippen LogP contribution < -0.4 is 4.74 Å². The maximum absolute atomic E-state index is 12.8. The number of carbonyl (C=O) groups is 1. The van der Waals surface area contributed by atoms with Gasteiger partial charge in [0.05, 0.1) is 12.1 Å². The molecule has 7 nitrogen and oxygen atoms in total. The minimum absolute atomic E-state index is 0.0845. The highest BCUT2D eigenvalue weighted by molar-refractivity contribution is 7.90. The number of sulfone groups is 1. The van der Waals surface area contributed by atoms with E-state index in [0.29, 0.717) is 22.8 Å². The van der Waals surface area contributed by atoms with E-state index in [1.807, 2.05) is 0 Å². The fraction of sp³-hybridized carbons (Fsp3) is 0.222. The van der Waals surface area contributed by atoms with Crippen LogP contribution >= 0.6 is 11.6 Å². The van der Waals surface area contributed by atoms with Gasteiger partial charge in [-0.1, -0.05) is 23.7 Å². The van der Waals surface area contributed by atoms with Gasteiger partial charge in [-0.15, -0.1) is 0 Å². The molecule has 0 aliphatic heterocycles. The lowest BCUT2D eigenvalue weighted by Gasteiger charge is -2.16. The molecule has 27 heavy (non-hydrogen) atoms. The van der Waals surface area contributed by atoms with E-state index in [0.717, 1.165) is 6.26 Å². The topological polar surface area (TPSA) is 81.0 Å². The molecule has 0 aliphatic carbocycles. The summed E-state index contributed by atoms with van der Waals surface area (Å²) in [7, 11) is -1.97. The first-order valence-corrected chi connectivity index (χ1v) is 10.4. The van der Waals surface area contributed by atoms with Crippen molar-refractivity contribution in [2.45, 2.75) is 5.16 Å². The molecule has 0 fully saturated rings. The quantitative estimate of drug-likeness (QED) is 0.627. The van der Waals surface area contributed by atoms with Crippen molar-refractivity contribution in [1.82, 2.24) is 14.3 Å². The first-order valence-electron chi connectivity index (χ1n) is 8.08. The van der Waals surface area contributed by atoms with Crippen molar-refractivity contribution in [3.8, 4) is 5.75 Å². The van der Waals surface area contributed by atoms with E-state index < -0.39 is 9.84 Å². The van der Waals surface area contributed by atoms with Gasteiger partial charge in [-0.2, -0.15) is 0 Å². The Morgan fingerprint density at radius 1 is 1.26 bits per heavy atom. The molecule has 1 aromatic carbocycles. The summed E-state index contributed by atoms with van der Waals surface area (Å²) in [5.41, 5.74) is 0.520. The van der Waals surface area contributed by atoms with E-state index in [4.69, 9.17) is 16.3 Å². The number of rotatable bonds is 6. The van der Waals surface area contributed by atoms with Crippen LogP contribution in [-0.4, -0.2) is 55.1 Å². The van der Waals surface area contributed by atoms with Crippen LogP contribution in [0.4, 0.5) is 0 Å². The van der Waals surface area contributed by atoms with Crippen molar-refractivity contribution in [3.05, 3.63) is 59.4 Å². The second-order valence-electron chi connectivity index (χ2n) is 6.00. The molecular formula is C18H18ClN3O4S. The number of carbonyl (C=O) groups excluding carboxylic acids is 1. The predicted octanol–water partition coefficient (Wildman–Crippen LogP) is 2.54. The fourth-order valence-electron chi connectivity index (χ4n) is 2.57. The Labute approximate surface area is 162 Å². The highest BCUT2D eigenvalue weighted by Gasteiger charge is 2.24. The fourth-order valence-corrected chi connectivity index (χ4v) is 3.52. The van der Waals surface area contributed by atoms with Crippen LogP contribution in [0, 0.1) is 0 Å². The summed E-state index contributed by atoms with van der Waals surface area (Å²) < 4.78 is 30.9. The number of pyridine rings is 1. The van der Waals surface area contributed by atoms with E-state index in [1.54, 1.807) is 55.7 Å². The molecule has 0 radical (unpaired) electrons. The molecule has 9 heteroatoms. The Kier molecular flexibility index (Phi) is 5.38. The van der Waals surface area contributed by atoms with Gasteiger partial charge in [-0.3, -0.25) is 9.20 Å². The van der Waals surface area contributed by atoms with Crippen LogP contribution in [0.3, 0.4) is 0 Å². The number of benzene rings is 1. The van der Waals surface area contributed by atoms with Crippen molar-refractivity contribution in [2.75, 3.05) is 26.5 Å². The molecule has 0 bridgehead atoms. The molecule has 0 saturated heterocycles. The van der Waals surface area contributed by atoms with Gasteiger partial charge in [-0.25, -0.2) is 13.4 Å². The van der Waals surface area contributed by atoms with Crippen molar-refractivity contribution in [3.63, 3.8) is 0 Å². The van der Waals surface area contributed by atoms with Gasteiger partial charge in [0.2, 0.25) is 15.0 Å². The lowest BCUT2D eigenvalue weighted by Crippen LogP contribution is -2.31. The Hall–Kier alpha value is -2.58. The zero-order valence-corrected chi connectivity index (χ0v) is 16.4. The minimum atomic E-state index is -3.58. The van der Waals surface area contributed by atoms with Gasteiger partial charge < -0.3 is 9.64 Å². The monoisotopic (exact) mass is 407 g/mol. The Bertz CT molecular complexity index is 1090. The summed E-state index contributed by atoms with van der Waals surface area (Å²) in [5.74, 6) is 0.221. The zero-order valence-electron chi connectivity index (χ0n) is 14.8. The molecule has 2 aromatic heterocycles. The number of ether oxygens (including phenoxy) is 1. The number of halogens is 1. The maximum atomic E-state index is 12.8. The molecular weight excluding hydrogens is 390 g/mol. The lowest BCUT2D eigenvalue weighted by molar-refractivity contribution is 0.0770. The lowest BCUT2D eigenvalue weighted by atomic mass is 10.3. The Morgan fingerprint density at radius 3 is 2.74 bits per heavy atom. The summed E-state index contributed by atoms with van der Waals surface area (Å²) in [4.78, 5) is 18.3. The van der Waals surface area contributed by atoms with E-state index in [-0.39, 0.29) is 23.4 Å². The van der Waals surface area contributed by atoms with E-state index in [1.165, 1.54) is 9.30 Å². The van der Waals surface area contributed by atoms with Crippen molar-refractivity contribution in [1.29, 1.82) is 0 Å². The standard InChI is InChI=1S/C18H18ClN3O4S/c1-21(10-11-26-14-7-5-6-13(19)12-14)17(23)16-15-8-3-4-9-22(15)18(20-16)27(2,24)25/h3-9,12H,10-11H2,1-2H3. The number of likely N-dealkylation sites (N-methyl/N-ethyl adjacent to an activating group) is 1. The molecule has 0 saturated carbocycles. The van der Waals surface area contributed by atoms with Gasteiger partial charge in [-0.05, 0) is 30.3 Å². The third-order valence-corrected chi connectivity index (χ3v) is 5.07. The van der Waals surface area contributed by atoms with Gasteiger partial charge in [0, 0.05) is 24.5 Å². The average Bonchev–Trinajstić information content (AvgIpc) is 3.01. The van der Waals surface area contributed by atoms with Gasteiger partial charge in [0.15, 0.2) is 5.69 Å². The van der Waals surface area contributed by atoms with E-state index in [2.05, 4.69) is 4.98 Å². The number of hydrogen-bond acceptors (Lipinski definition) is 5. The number of nitrogens with zero attached hydrogens (tertiary/aromatic N) is 3. The first kappa shape index (κ1) is 19.2. The van der Waals surface area contributed by atoms with E-state index in [9.17, 15) is 13.2 Å². The van der Waals surface area contributed by atoms with Crippen LogP contribution in [0.25, 0.3) is 5.52 Å². The van der Waals surface area contributed by atoms with Crippen molar-refractivity contribution < 1.29 is 17.9 Å². The van der Waals surface area contributed by atoms with Crippen LogP contribution in [0.2, 0.25) is 5.02 Å². The average molecular weight is 408 g/mol. The van der Waals surface area contributed by atoms with Crippen LogP contribution in [0.5, 0.6) is 5.75 Å². The Morgan fingerprint density at radius 2 is 2.04 bits per heavy atom. The molecule has 0 atom stereocenters. The van der Waals surface area contributed by atoms with Crippen LogP contribution in [0.15, 0.2) is 53.8 Å². The zero-order chi connectivity index (χ0) is 19.6. The number of hydrogen-bond donors (Lipinski definition) is 0. The molecule has 3 aromatic rings. The molecule has 0 spiro atoms.